The highest BCUT2D eigenvalue weighted by atomic mass is 19.4. The molecule has 1 aromatic heterocycles. The normalized spacial score (nSPS) is 31.1. The maximum Gasteiger partial charge on any atom is 0.396 e. The van der Waals surface area contributed by atoms with E-state index in [4.69, 9.17) is 4.74 Å². The molecular formula is C22H29F3N4O2. The third-order valence-electron chi connectivity index (χ3n) is 8.32. The highest BCUT2D eigenvalue weighted by Gasteiger charge is 2.63. The summed E-state index contributed by atoms with van der Waals surface area (Å²) in [5.74, 6) is 2.02. The van der Waals surface area contributed by atoms with E-state index in [1.807, 2.05) is 15.9 Å². The number of hydrogen-bond acceptors (Lipinski definition) is 4. The van der Waals surface area contributed by atoms with Crippen molar-refractivity contribution in [3.05, 3.63) is 12.2 Å². The molecule has 0 bridgehead atoms. The minimum atomic E-state index is -4.16. The fraction of sp³-hybridized carbons (Fsp3) is 0.864. The largest absolute Gasteiger partial charge is 0.396 e. The van der Waals surface area contributed by atoms with Gasteiger partial charge in [0.1, 0.15) is 6.33 Å². The summed E-state index contributed by atoms with van der Waals surface area (Å²) in [5.41, 5.74) is -1.33. The lowest BCUT2D eigenvalue weighted by Crippen LogP contribution is -2.65. The van der Waals surface area contributed by atoms with Crippen LogP contribution in [0.5, 0.6) is 0 Å². The zero-order valence-electron chi connectivity index (χ0n) is 17.6. The number of amides is 1. The lowest BCUT2D eigenvalue weighted by Gasteiger charge is -2.59. The van der Waals surface area contributed by atoms with E-state index in [0.717, 1.165) is 44.6 Å². The molecule has 1 aromatic rings. The molecule has 1 aliphatic heterocycles. The Balaban J connectivity index is 0.895. The van der Waals surface area contributed by atoms with Crippen LogP contribution < -0.4 is 0 Å². The van der Waals surface area contributed by atoms with Crippen LogP contribution in [0.3, 0.4) is 0 Å². The van der Waals surface area contributed by atoms with Crippen molar-refractivity contribution in [2.24, 2.45) is 22.7 Å². The van der Waals surface area contributed by atoms with Crippen molar-refractivity contribution in [1.82, 2.24) is 19.7 Å². The van der Waals surface area contributed by atoms with Crippen LogP contribution in [0.1, 0.15) is 69.2 Å². The van der Waals surface area contributed by atoms with Crippen molar-refractivity contribution in [1.29, 1.82) is 0 Å². The first-order valence-electron chi connectivity index (χ1n) is 11.6. The van der Waals surface area contributed by atoms with Crippen molar-refractivity contribution in [3.8, 4) is 0 Å². The maximum absolute atomic E-state index is 12.9. The highest BCUT2D eigenvalue weighted by molar-refractivity contribution is 5.80. The van der Waals surface area contributed by atoms with Gasteiger partial charge < -0.3 is 9.64 Å². The summed E-state index contributed by atoms with van der Waals surface area (Å²) >= 11 is 0. The first kappa shape index (κ1) is 20.0. The van der Waals surface area contributed by atoms with Crippen molar-refractivity contribution in [3.63, 3.8) is 0 Å². The zero-order chi connectivity index (χ0) is 21.4. The third-order valence-corrected chi connectivity index (χ3v) is 8.32. The lowest BCUT2D eigenvalue weighted by molar-refractivity contribution is -0.203. The van der Waals surface area contributed by atoms with Gasteiger partial charge in [0.2, 0.25) is 5.91 Å². The minimum absolute atomic E-state index is 0.0238. The van der Waals surface area contributed by atoms with Gasteiger partial charge in [0.15, 0.2) is 5.82 Å². The maximum atomic E-state index is 12.9. The molecule has 9 heteroatoms. The van der Waals surface area contributed by atoms with E-state index >= 15 is 0 Å². The Morgan fingerprint density at radius 1 is 1.19 bits per heavy atom. The fourth-order valence-electron chi connectivity index (χ4n) is 5.71. The number of aromatic nitrogens is 3. The first-order valence-corrected chi connectivity index (χ1v) is 11.6. The molecule has 5 fully saturated rings. The van der Waals surface area contributed by atoms with Crippen LogP contribution in [-0.4, -0.2) is 58.1 Å². The molecule has 6 rings (SSSR count). The van der Waals surface area contributed by atoms with Crippen LogP contribution in [0.4, 0.5) is 13.2 Å². The smallest absolute Gasteiger partial charge is 0.380 e. The van der Waals surface area contributed by atoms with Crippen molar-refractivity contribution >= 4 is 5.91 Å². The predicted octanol–water partition coefficient (Wildman–Crippen LogP) is 3.70. The van der Waals surface area contributed by atoms with E-state index < -0.39 is 11.6 Å². The molecule has 4 aliphatic carbocycles. The van der Waals surface area contributed by atoms with Gasteiger partial charge in [-0.1, -0.05) is 0 Å². The number of nitrogens with zero attached hydrogens (tertiary/aromatic N) is 4. The van der Waals surface area contributed by atoms with Crippen LogP contribution in [0.15, 0.2) is 6.33 Å². The van der Waals surface area contributed by atoms with Gasteiger partial charge in [0.25, 0.3) is 0 Å². The van der Waals surface area contributed by atoms with Gasteiger partial charge in [0.05, 0.1) is 18.1 Å². The van der Waals surface area contributed by atoms with E-state index in [0.29, 0.717) is 18.6 Å². The van der Waals surface area contributed by atoms with Crippen LogP contribution in [0.2, 0.25) is 0 Å². The number of hydrogen-bond donors (Lipinski definition) is 0. The topological polar surface area (TPSA) is 60.2 Å². The summed E-state index contributed by atoms with van der Waals surface area (Å²) in [4.78, 5) is 19.1. The number of carbonyl (C=O) groups excluding carboxylic acids is 1. The Morgan fingerprint density at radius 2 is 1.90 bits per heavy atom. The van der Waals surface area contributed by atoms with Crippen LogP contribution in [0, 0.1) is 22.7 Å². The summed E-state index contributed by atoms with van der Waals surface area (Å²) < 4.78 is 46.2. The second-order valence-electron chi connectivity index (χ2n) is 10.9. The average Bonchev–Trinajstić information content (AvgIpc) is 3.53. The van der Waals surface area contributed by atoms with Crippen LogP contribution in [-0.2, 0) is 9.53 Å². The van der Waals surface area contributed by atoms with E-state index in [9.17, 15) is 18.0 Å². The molecule has 0 unspecified atom stereocenters. The van der Waals surface area contributed by atoms with Gasteiger partial charge in [-0.05, 0) is 57.3 Å². The molecule has 1 saturated heterocycles. The summed E-state index contributed by atoms with van der Waals surface area (Å²) in [6.07, 6.45) is 4.08. The van der Waals surface area contributed by atoms with Gasteiger partial charge in [-0.15, -0.1) is 0 Å². The molecule has 0 N–H and O–H groups in total. The van der Waals surface area contributed by atoms with Gasteiger partial charge in [-0.3, -0.25) is 4.79 Å². The number of ether oxygens (including phenoxy) is 1. The number of likely N-dealkylation sites (tertiary alicyclic amines) is 1. The van der Waals surface area contributed by atoms with Gasteiger partial charge in [-0.25, -0.2) is 9.67 Å². The second-order valence-corrected chi connectivity index (χ2v) is 10.9. The highest BCUT2D eigenvalue weighted by Crippen LogP contribution is 2.58. The molecule has 0 atom stereocenters. The van der Waals surface area contributed by atoms with Gasteiger partial charge in [-0.2, -0.15) is 18.3 Å². The quantitative estimate of drug-likeness (QED) is 0.651. The molecule has 5 aliphatic rings. The third kappa shape index (κ3) is 3.47. The Hall–Kier alpha value is -1.64. The average molecular weight is 438 g/mol. The SMILES string of the molecule is O=C(C1CC(COCC2(C(F)(F)F)CC2)C1)N1CC2(CC(n3cnc(C4CC4)n3)C2)C1. The first-order chi connectivity index (χ1) is 14.8. The fourth-order valence-corrected chi connectivity index (χ4v) is 5.71. The molecule has 1 spiro atoms. The van der Waals surface area contributed by atoms with Crippen molar-refractivity contribution in [2.45, 2.75) is 69.5 Å². The monoisotopic (exact) mass is 438 g/mol. The van der Waals surface area contributed by atoms with Gasteiger partial charge >= 0.3 is 6.18 Å². The number of rotatable bonds is 7. The van der Waals surface area contributed by atoms with Gasteiger partial charge in [0, 0.05) is 36.9 Å². The van der Waals surface area contributed by atoms with E-state index in [1.54, 1.807) is 0 Å². The molecule has 1 amide bonds. The summed E-state index contributed by atoms with van der Waals surface area (Å²) in [5, 5.41) is 4.64. The van der Waals surface area contributed by atoms with E-state index in [-0.39, 0.29) is 42.6 Å². The number of halogens is 3. The molecule has 0 aromatic carbocycles. The second kappa shape index (κ2) is 6.68. The molecule has 4 saturated carbocycles. The predicted molar refractivity (Wildman–Crippen MR) is 104 cm³/mol. The summed E-state index contributed by atoms with van der Waals surface area (Å²) in [6, 6.07) is 0.411. The Morgan fingerprint density at radius 3 is 2.52 bits per heavy atom. The molecule has 6 nitrogen and oxygen atoms in total. The Labute approximate surface area is 179 Å². The van der Waals surface area contributed by atoms with E-state index in [1.165, 1.54) is 12.8 Å². The minimum Gasteiger partial charge on any atom is -0.380 e. The van der Waals surface area contributed by atoms with Crippen LogP contribution in [0.25, 0.3) is 0 Å². The van der Waals surface area contributed by atoms with E-state index in [2.05, 4.69) is 10.1 Å². The molecule has 0 radical (unpaired) electrons. The molecule has 2 heterocycles. The standard InChI is InChI=1S/C22H29F3N4O2/c23-22(24,25)21(3-4-21)12-31-9-14-5-16(6-14)19(30)28-10-20(11-28)7-17(8-20)29-13-26-18(27-29)15-1-2-15/h13-17H,1-12H2. The number of carbonyl (C=O) groups is 1. The van der Waals surface area contributed by atoms with Crippen molar-refractivity contribution < 1.29 is 22.7 Å². The Kier molecular flexibility index (Phi) is 4.31. The zero-order valence-corrected chi connectivity index (χ0v) is 17.6. The molecule has 170 valence electrons. The Bertz CT molecular complexity index is 856. The lowest BCUT2D eigenvalue weighted by atomic mass is 9.60. The number of alkyl halides is 3. The molecule has 31 heavy (non-hydrogen) atoms. The molecular weight excluding hydrogens is 409 g/mol. The summed E-state index contributed by atoms with van der Waals surface area (Å²) in [7, 11) is 0. The summed E-state index contributed by atoms with van der Waals surface area (Å²) in [6.45, 7) is 1.78. The van der Waals surface area contributed by atoms with Crippen molar-refractivity contribution in [2.75, 3.05) is 26.3 Å². The van der Waals surface area contributed by atoms with Crippen LogP contribution >= 0.6 is 0 Å².